The first-order chi connectivity index (χ1) is 9.05. The van der Waals surface area contributed by atoms with E-state index in [4.69, 9.17) is 11.6 Å². The summed E-state index contributed by atoms with van der Waals surface area (Å²) in [5.41, 5.74) is 0.597. The molecule has 0 aliphatic carbocycles. The lowest BCUT2D eigenvalue weighted by molar-refractivity contribution is 0.591. The summed E-state index contributed by atoms with van der Waals surface area (Å²) in [4.78, 5) is 7.42. The molecule has 100 valence electrons. The zero-order valence-corrected chi connectivity index (χ0v) is 11.8. The van der Waals surface area contributed by atoms with E-state index in [0.717, 1.165) is 0 Å². The first-order valence-corrected chi connectivity index (χ1v) is 7.43. The highest BCUT2D eigenvalue weighted by atomic mass is 35.5. The molecule has 0 bridgehead atoms. The molecule has 1 aromatic carbocycles. The van der Waals surface area contributed by atoms with Gasteiger partial charge in [0.15, 0.2) is 0 Å². The van der Waals surface area contributed by atoms with Gasteiger partial charge in [-0.3, -0.25) is 4.31 Å². The molecule has 19 heavy (non-hydrogen) atoms. The zero-order valence-electron chi connectivity index (χ0n) is 10.2. The second kappa shape index (κ2) is 5.54. The molecule has 0 radical (unpaired) electrons. The number of rotatable bonds is 4. The molecule has 0 atom stereocenters. The Hall–Kier alpha value is -1.66. The number of anilines is 1. The number of nitrogens with zero attached hydrogens (tertiary/aromatic N) is 3. The Balaban J connectivity index is 2.45. The highest BCUT2D eigenvalue weighted by Gasteiger charge is 2.24. The van der Waals surface area contributed by atoms with E-state index in [9.17, 15) is 8.42 Å². The first kappa shape index (κ1) is 13.8. The van der Waals surface area contributed by atoms with E-state index >= 15 is 0 Å². The van der Waals surface area contributed by atoms with Gasteiger partial charge in [0.1, 0.15) is 4.90 Å². The monoisotopic (exact) mass is 297 g/mol. The fourth-order valence-corrected chi connectivity index (χ4v) is 3.11. The zero-order chi connectivity index (χ0) is 13.9. The van der Waals surface area contributed by atoms with Gasteiger partial charge >= 0.3 is 0 Å². The normalized spacial score (nSPS) is 11.3. The van der Waals surface area contributed by atoms with Crippen LogP contribution in [0.1, 0.15) is 6.92 Å². The predicted molar refractivity (Wildman–Crippen MR) is 73.7 cm³/mol. The van der Waals surface area contributed by atoms with E-state index in [-0.39, 0.29) is 10.2 Å². The number of sulfonamides is 1. The van der Waals surface area contributed by atoms with Crippen LogP contribution in [-0.2, 0) is 10.0 Å². The molecule has 2 aromatic rings. The van der Waals surface area contributed by atoms with Crippen molar-refractivity contribution >= 4 is 27.3 Å². The van der Waals surface area contributed by atoms with Crippen molar-refractivity contribution < 1.29 is 8.42 Å². The Bertz CT molecular complexity index is 644. The van der Waals surface area contributed by atoms with Gasteiger partial charge in [0.25, 0.3) is 10.0 Å². The van der Waals surface area contributed by atoms with Crippen LogP contribution in [0.2, 0.25) is 5.28 Å². The largest absolute Gasteiger partial charge is 0.267 e. The molecule has 5 nitrogen and oxygen atoms in total. The summed E-state index contributed by atoms with van der Waals surface area (Å²) in [5.74, 6) is 0. The maximum atomic E-state index is 12.5. The number of halogens is 1. The van der Waals surface area contributed by atoms with Crippen molar-refractivity contribution in [3.05, 3.63) is 48.0 Å². The lowest BCUT2D eigenvalue weighted by Gasteiger charge is -2.22. The average Bonchev–Trinajstić information content (AvgIpc) is 2.41. The van der Waals surface area contributed by atoms with Gasteiger partial charge in [-0.1, -0.05) is 18.2 Å². The quantitative estimate of drug-likeness (QED) is 0.813. The van der Waals surface area contributed by atoms with Crippen molar-refractivity contribution in [3.8, 4) is 0 Å². The molecule has 1 aromatic heterocycles. The highest BCUT2D eigenvalue weighted by Crippen LogP contribution is 2.22. The van der Waals surface area contributed by atoms with Crippen molar-refractivity contribution in [2.24, 2.45) is 0 Å². The molecule has 0 spiro atoms. The third-order valence-electron chi connectivity index (χ3n) is 2.52. The van der Waals surface area contributed by atoms with Gasteiger partial charge in [-0.2, -0.15) is 0 Å². The molecular weight excluding hydrogens is 286 g/mol. The van der Waals surface area contributed by atoms with E-state index in [1.54, 1.807) is 31.2 Å². The third kappa shape index (κ3) is 2.85. The van der Waals surface area contributed by atoms with Gasteiger partial charge in [-0.05, 0) is 30.7 Å². The van der Waals surface area contributed by atoms with Crippen molar-refractivity contribution in [1.82, 2.24) is 9.97 Å². The van der Waals surface area contributed by atoms with Crippen molar-refractivity contribution in [2.75, 3.05) is 10.8 Å². The molecule has 0 amide bonds. The lowest BCUT2D eigenvalue weighted by atomic mass is 10.3. The van der Waals surface area contributed by atoms with Crippen LogP contribution in [0.25, 0.3) is 0 Å². The van der Waals surface area contributed by atoms with Crippen LogP contribution < -0.4 is 4.31 Å². The van der Waals surface area contributed by atoms with Crippen LogP contribution in [0.5, 0.6) is 0 Å². The molecule has 0 saturated carbocycles. The first-order valence-electron chi connectivity index (χ1n) is 5.61. The van der Waals surface area contributed by atoms with E-state index in [1.807, 2.05) is 6.07 Å². The number of hydrogen-bond donors (Lipinski definition) is 0. The van der Waals surface area contributed by atoms with Gasteiger partial charge in [-0.25, -0.2) is 18.4 Å². The molecule has 0 fully saturated rings. The molecular formula is C12H12ClN3O2S. The molecule has 0 aliphatic rings. The van der Waals surface area contributed by atoms with Crippen LogP contribution in [0.3, 0.4) is 0 Å². The van der Waals surface area contributed by atoms with Gasteiger partial charge < -0.3 is 0 Å². The summed E-state index contributed by atoms with van der Waals surface area (Å²) < 4.78 is 26.2. The minimum Gasteiger partial charge on any atom is -0.267 e. The standard InChI is InChI=1S/C12H12ClN3O2S/c1-2-16(10-6-4-3-5-7-10)19(17,18)11-8-14-12(13)15-9-11/h3-9H,2H2,1H3. The summed E-state index contributed by atoms with van der Waals surface area (Å²) in [6, 6.07) is 8.86. The Morgan fingerprint density at radius 1 is 1.16 bits per heavy atom. The number of benzene rings is 1. The molecule has 1 heterocycles. The van der Waals surface area contributed by atoms with Crippen LogP contribution >= 0.6 is 11.6 Å². The van der Waals surface area contributed by atoms with Crippen molar-refractivity contribution in [3.63, 3.8) is 0 Å². The topological polar surface area (TPSA) is 63.2 Å². The van der Waals surface area contributed by atoms with Crippen molar-refractivity contribution in [1.29, 1.82) is 0 Å². The van der Waals surface area contributed by atoms with Crippen LogP contribution in [0.4, 0.5) is 5.69 Å². The van der Waals surface area contributed by atoms with E-state index in [1.165, 1.54) is 16.7 Å². The van der Waals surface area contributed by atoms with Gasteiger partial charge in [-0.15, -0.1) is 0 Å². The van der Waals surface area contributed by atoms with Gasteiger partial charge in [0.05, 0.1) is 18.1 Å². The smallest absolute Gasteiger partial charge is 0.267 e. The Labute approximate surface area is 116 Å². The molecule has 0 saturated heterocycles. The maximum Gasteiger partial charge on any atom is 0.267 e. The maximum absolute atomic E-state index is 12.5. The second-order valence-corrected chi connectivity index (χ2v) is 5.89. The van der Waals surface area contributed by atoms with E-state index < -0.39 is 10.0 Å². The molecule has 2 rings (SSSR count). The van der Waals surface area contributed by atoms with Crippen LogP contribution in [0, 0.1) is 0 Å². The minimum atomic E-state index is -3.67. The number of aromatic nitrogens is 2. The summed E-state index contributed by atoms with van der Waals surface area (Å²) in [6.07, 6.45) is 2.41. The summed E-state index contributed by atoms with van der Waals surface area (Å²) in [5, 5.41) is 0.0155. The van der Waals surface area contributed by atoms with Gasteiger partial charge in [0.2, 0.25) is 5.28 Å². The highest BCUT2D eigenvalue weighted by molar-refractivity contribution is 7.92. The lowest BCUT2D eigenvalue weighted by Crippen LogP contribution is -2.30. The summed E-state index contributed by atoms with van der Waals surface area (Å²) in [7, 11) is -3.67. The fraction of sp³-hybridized carbons (Fsp3) is 0.167. The Kier molecular flexibility index (Phi) is 4.01. The van der Waals surface area contributed by atoms with E-state index in [0.29, 0.717) is 12.2 Å². The third-order valence-corrected chi connectivity index (χ3v) is 4.57. The average molecular weight is 298 g/mol. The summed E-state index contributed by atoms with van der Waals surface area (Å²) in [6.45, 7) is 2.08. The van der Waals surface area contributed by atoms with Crippen molar-refractivity contribution in [2.45, 2.75) is 11.8 Å². The fourth-order valence-electron chi connectivity index (χ4n) is 1.65. The molecule has 7 heteroatoms. The Morgan fingerprint density at radius 2 is 1.74 bits per heavy atom. The number of para-hydroxylation sites is 1. The van der Waals surface area contributed by atoms with Crippen LogP contribution in [0.15, 0.2) is 47.6 Å². The molecule has 0 aliphatic heterocycles. The second-order valence-electron chi connectivity index (χ2n) is 3.69. The molecule has 0 N–H and O–H groups in total. The SMILES string of the molecule is CCN(c1ccccc1)S(=O)(=O)c1cnc(Cl)nc1. The summed E-state index contributed by atoms with van der Waals surface area (Å²) >= 11 is 5.56. The van der Waals surface area contributed by atoms with Gasteiger partial charge in [0, 0.05) is 6.54 Å². The molecule has 0 unspecified atom stereocenters. The predicted octanol–water partition coefficient (Wildman–Crippen LogP) is 2.35. The van der Waals surface area contributed by atoms with Crippen LogP contribution in [-0.4, -0.2) is 24.9 Å². The minimum absolute atomic E-state index is 0.0155. The Morgan fingerprint density at radius 3 is 2.26 bits per heavy atom. The van der Waals surface area contributed by atoms with E-state index in [2.05, 4.69) is 9.97 Å². The number of hydrogen-bond acceptors (Lipinski definition) is 4.